The van der Waals surface area contributed by atoms with Gasteiger partial charge in [-0.05, 0) is 30.4 Å². The Morgan fingerprint density at radius 3 is 2.28 bits per heavy atom. The maximum atomic E-state index is 7.67. The van der Waals surface area contributed by atoms with Crippen LogP contribution in [-0.2, 0) is 0 Å². The van der Waals surface area contributed by atoms with Gasteiger partial charge in [-0.25, -0.2) is 0 Å². The van der Waals surface area contributed by atoms with E-state index in [1.165, 1.54) is 19.3 Å². The molecule has 0 bridgehead atoms. The van der Waals surface area contributed by atoms with Crippen molar-refractivity contribution >= 4 is 29.6 Å². The maximum absolute atomic E-state index is 7.67. The lowest BCUT2D eigenvalue weighted by Gasteiger charge is -2.25. The smallest absolute Gasteiger partial charge is 0.125 e. The Bertz CT molecular complexity index is 439. The second-order valence-electron chi connectivity index (χ2n) is 4.78. The molecular weight excluding hydrogens is 248 g/mol. The third-order valence-electron chi connectivity index (χ3n) is 3.63. The summed E-state index contributed by atoms with van der Waals surface area (Å²) in [5, 5.41) is 7.67. The quantitative estimate of drug-likeness (QED) is 0.377. The van der Waals surface area contributed by atoms with E-state index in [9.17, 15) is 0 Å². The summed E-state index contributed by atoms with van der Waals surface area (Å²) in [6.07, 6.45) is 6.10. The highest BCUT2D eigenvalue weighted by molar-refractivity contribution is 6.03. The molecular formula is C13H21ClN4. The molecule has 1 saturated carbocycles. The molecule has 0 aromatic heterocycles. The Morgan fingerprint density at radius 1 is 1.11 bits per heavy atom. The van der Waals surface area contributed by atoms with Crippen LogP contribution in [0.15, 0.2) is 12.1 Å². The first-order chi connectivity index (χ1) is 8.11. The summed E-state index contributed by atoms with van der Waals surface area (Å²) in [6.45, 7) is 0. The summed E-state index contributed by atoms with van der Waals surface area (Å²) in [7, 11) is 0. The molecule has 1 fully saturated rings. The Labute approximate surface area is 114 Å². The van der Waals surface area contributed by atoms with Gasteiger partial charge in [-0.3, -0.25) is 5.41 Å². The molecule has 0 spiro atoms. The van der Waals surface area contributed by atoms with Crippen LogP contribution in [0.3, 0.4) is 0 Å². The number of amidine groups is 1. The van der Waals surface area contributed by atoms with E-state index >= 15 is 0 Å². The molecule has 0 saturated heterocycles. The van der Waals surface area contributed by atoms with Crippen LogP contribution in [0.2, 0.25) is 0 Å². The van der Waals surface area contributed by atoms with Crippen molar-refractivity contribution in [1.29, 1.82) is 5.41 Å². The second kappa shape index (κ2) is 5.96. The van der Waals surface area contributed by atoms with Gasteiger partial charge in [-0.15, -0.1) is 12.4 Å². The van der Waals surface area contributed by atoms with Crippen LogP contribution in [-0.4, -0.2) is 5.84 Å². The lowest BCUT2D eigenvalue weighted by molar-refractivity contribution is 0.443. The van der Waals surface area contributed by atoms with Crippen LogP contribution in [0.4, 0.5) is 11.4 Å². The van der Waals surface area contributed by atoms with Crippen molar-refractivity contribution in [3.8, 4) is 0 Å². The number of anilines is 2. The zero-order chi connectivity index (χ0) is 12.4. The number of nitrogens with two attached hydrogens (primary N) is 3. The molecule has 4 nitrogen and oxygen atoms in total. The van der Waals surface area contributed by atoms with Crippen molar-refractivity contribution in [2.75, 3.05) is 11.5 Å². The fraction of sp³-hybridized carbons (Fsp3) is 0.462. The largest absolute Gasteiger partial charge is 0.397 e. The van der Waals surface area contributed by atoms with Gasteiger partial charge in [-0.2, -0.15) is 0 Å². The second-order valence-corrected chi connectivity index (χ2v) is 4.78. The lowest BCUT2D eigenvalue weighted by Crippen LogP contribution is -2.19. The van der Waals surface area contributed by atoms with Crippen molar-refractivity contribution in [2.24, 2.45) is 5.73 Å². The molecule has 1 aliphatic carbocycles. The molecule has 1 aliphatic rings. The fourth-order valence-electron chi connectivity index (χ4n) is 2.71. The van der Waals surface area contributed by atoms with Crippen molar-refractivity contribution in [3.05, 3.63) is 23.3 Å². The number of halogens is 1. The van der Waals surface area contributed by atoms with E-state index in [0.29, 0.717) is 22.9 Å². The summed E-state index contributed by atoms with van der Waals surface area (Å²) in [5.41, 5.74) is 20.1. The molecule has 1 aromatic rings. The van der Waals surface area contributed by atoms with Crippen LogP contribution in [0.25, 0.3) is 0 Å². The lowest BCUT2D eigenvalue weighted by atomic mass is 9.81. The molecule has 0 radical (unpaired) electrons. The number of nitrogens with one attached hydrogen (secondary N) is 1. The van der Waals surface area contributed by atoms with Gasteiger partial charge >= 0.3 is 0 Å². The zero-order valence-electron chi connectivity index (χ0n) is 10.4. The van der Waals surface area contributed by atoms with E-state index in [1.54, 1.807) is 0 Å². The maximum Gasteiger partial charge on any atom is 0.125 e. The van der Waals surface area contributed by atoms with Gasteiger partial charge < -0.3 is 17.2 Å². The molecule has 100 valence electrons. The highest BCUT2D eigenvalue weighted by Crippen LogP contribution is 2.37. The minimum absolute atomic E-state index is 0. The number of hydrogen-bond acceptors (Lipinski definition) is 3. The third-order valence-corrected chi connectivity index (χ3v) is 3.63. The zero-order valence-corrected chi connectivity index (χ0v) is 11.2. The van der Waals surface area contributed by atoms with Gasteiger partial charge in [0, 0.05) is 5.56 Å². The van der Waals surface area contributed by atoms with E-state index in [2.05, 4.69) is 0 Å². The van der Waals surface area contributed by atoms with Crippen LogP contribution in [0.1, 0.15) is 49.1 Å². The van der Waals surface area contributed by atoms with E-state index in [0.717, 1.165) is 18.4 Å². The van der Waals surface area contributed by atoms with Crippen molar-refractivity contribution < 1.29 is 0 Å². The molecule has 0 aliphatic heterocycles. The normalized spacial score (nSPS) is 16.0. The molecule has 0 atom stereocenters. The summed E-state index contributed by atoms with van der Waals surface area (Å²) in [5.74, 6) is 0.501. The van der Waals surface area contributed by atoms with Crippen LogP contribution in [0.5, 0.6) is 0 Å². The number of rotatable bonds is 2. The average molecular weight is 269 g/mol. The average Bonchev–Trinajstić information content (AvgIpc) is 2.33. The number of benzene rings is 1. The Hall–Kier alpha value is -1.42. The van der Waals surface area contributed by atoms with Crippen molar-refractivity contribution in [3.63, 3.8) is 0 Å². The topological polar surface area (TPSA) is 102 Å². The molecule has 7 N–H and O–H groups in total. The molecule has 2 rings (SSSR count). The highest BCUT2D eigenvalue weighted by Gasteiger charge is 2.21. The Kier molecular flexibility index (Phi) is 4.84. The highest BCUT2D eigenvalue weighted by atomic mass is 35.5. The number of nitrogen functional groups attached to an aromatic ring is 3. The standard InChI is InChI=1S/C13H20N4.ClH/c14-10-7-6-9(8-4-2-1-3-5-8)11(12(10)15)13(16)17;/h6-8H,1-5,14-15H2,(H3,16,17);1H. The predicted molar refractivity (Wildman–Crippen MR) is 79.4 cm³/mol. The van der Waals surface area contributed by atoms with Crippen molar-refractivity contribution in [2.45, 2.75) is 38.0 Å². The van der Waals surface area contributed by atoms with Crippen molar-refractivity contribution in [1.82, 2.24) is 0 Å². The van der Waals surface area contributed by atoms with Crippen LogP contribution >= 0.6 is 12.4 Å². The minimum Gasteiger partial charge on any atom is -0.397 e. The molecule has 1 aromatic carbocycles. The van der Waals surface area contributed by atoms with Gasteiger partial charge in [0.25, 0.3) is 0 Å². The van der Waals surface area contributed by atoms with E-state index in [4.69, 9.17) is 22.6 Å². The fourth-order valence-corrected chi connectivity index (χ4v) is 2.71. The summed E-state index contributed by atoms with van der Waals surface area (Å²) in [4.78, 5) is 0. The molecule has 5 heteroatoms. The van der Waals surface area contributed by atoms with Crippen LogP contribution in [0, 0.1) is 5.41 Å². The summed E-state index contributed by atoms with van der Waals surface area (Å²) >= 11 is 0. The van der Waals surface area contributed by atoms with E-state index in [-0.39, 0.29) is 18.2 Å². The monoisotopic (exact) mass is 268 g/mol. The van der Waals surface area contributed by atoms with E-state index in [1.807, 2.05) is 12.1 Å². The van der Waals surface area contributed by atoms with Crippen LogP contribution < -0.4 is 17.2 Å². The van der Waals surface area contributed by atoms with Gasteiger partial charge in [-0.1, -0.05) is 25.3 Å². The van der Waals surface area contributed by atoms with Gasteiger partial charge in [0.15, 0.2) is 0 Å². The van der Waals surface area contributed by atoms with Gasteiger partial charge in [0.05, 0.1) is 11.4 Å². The molecule has 0 unspecified atom stereocenters. The van der Waals surface area contributed by atoms with Gasteiger partial charge in [0.2, 0.25) is 0 Å². The van der Waals surface area contributed by atoms with E-state index < -0.39 is 0 Å². The predicted octanol–water partition coefficient (Wildman–Crippen LogP) is 2.60. The molecule has 0 heterocycles. The minimum atomic E-state index is 0. The first-order valence-electron chi connectivity index (χ1n) is 6.13. The Morgan fingerprint density at radius 2 is 1.72 bits per heavy atom. The Balaban J connectivity index is 0.00000162. The first kappa shape index (κ1) is 14.6. The van der Waals surface area contributed by atoms with Gasteiger partial charge in [0.1, 0.15) is 5.84 Å². The number of hydrogen-bond donors (Lipinski definition) is 4. The summed E-state index contributed by atoms with van der Waals surface area (Å²) < 4.78 is 0. The molecule has 0 amide bonds. The third kappa shape index (κ3) is 2.70. The first-order valence-corrected chi connectivity index (χ1v) is 6.13. The molecule has 18 heavy (non-hydrogen) atoms. The summed E-state index contributed by atoms with van der Waals surface area (Å²) in [6, 6.07) is 3.81. The SMILES string of the molecule is Cl.N=C(N)c1c(C2CCCCC2)ccc(N)c1N.